The number of Topliss-reactive ketones (excluding diaryl/α,β-unsaturated/α-hetero) is 1. The highest BCUT2D eigenvalue weighted by Gasteiger charge is 2.60. The lowest BCUT2D eigenvalue weighted by Crippen LogP contribution is -2.55. The van der Waals surface area contributed by atoms with Crippen molar-refractivity contribution in [3.05, 3.63) is 57.9 Å². The van der Waals surface area contributed by atoms with Gasteiger partial charge < -0.3 is 30.0 Å². The molecule has 168 valence electrons. The predicted molar refractivity (Wildman–Crippen MR) is 117 cm³/mol. The number of halogens is 1. The highest BCUT2D eigenvalue weighted by molar-refractivity contribution is 6.36. The second-order valence-electron chi connectivity index (χ2n) is 7.55. The van der Waals surface area contributed by atoms with E-state index in [0.717, 1.165) is 0 Å². The quantitative estimate of drug-likeness (QED) is 0.505. The Hall–Kier alpha value is -3.27. The first-order chi connectivity index (χ1) is 15.2. The molecule has 9 nitrogen and oxygen atoms in total. The highest BCUT2D eigenvalue weighted by Crippen LogP contribution is 2.53. The van der Waals surface area contributed by atoms with Crippen LogP contribution in [0.2, 0.25) is 5.02 Å². The summed E-state index contributed by atoms with van der Waals surface area (Å²) in [4.78, 5) is 26.7. The second-order valence-corrected chi connectivity index (χ2v) is 7.93. The molecule has 2 atom stereocenters. The Labute approximate surface area is 188 Å². The van der Waals surface area contributed by atoms with E-state index in [-0.39, 0.29) is 38.7 Å². The van der Waals surface area contributed by atoms with Crippen molar-refractivity contribution in [2.75, 3.05) is 24.8 Å². The summed E-state index contributed by atoms with van der Waals surface area (Å²) in [6, 6.07) is 7.60. The fraction of sp³-hybridized carbons (Fsp3) is 0.273. The van der Waals surface area contributed by atoms with E-state index >= 15 is 0 Å². The molecule has 0 bridgehead atoms. The molecule has 1 spiro atoms. The van der Waals surface area contributed by atoms with E-state index in [0.29, 0.717) is 17.8 Å². The third kappa shape index (κ3) is 3.26. The highest BCUT2D eigenvalue weighted by atomic mass is 35.5. The number of nitrogens with one attached hydrogen (secondary N) is 1. The molecule has 0 fully saturated rings. The number of hydrogen-bond donors (Lipinski definition) is 2. The summed E-state index contributed by atoms with van der Waals surface area (Å²) < 4.78 is 16.6. The Morgan fingerprint density at radius 1 is 1.25 bits per heavy atom. The van der Waals surface area contributed by atoms with Crippen LogP contribution >= 0.6 is 11.6 Å². The summed E-state index contributed by atoms with van der Waals surface area (Å²) in [5.74, 6) is -1.09. The van der Waals surface area contributed by atoms with E-state index in [4.69, 9.17) is 31.0 Å². The number of benzene rings is 2. The molecule has 1 aliphatic carbocycles. The Morgan fingerprint density at radius 2 is 1.97 bits per heavy atom. The van der Waals surface area contributed by atoms with E-state index in [2.05, 4.69) is 5.32 Å². The number of ether oxygens (including phenoxy) is 3. The maximum absolute atomic E-state index is 13.5. The lowest BCUT2D eigenvalue weighted by molar-refractivity contribution is -0.129. The molecule has 2 N–H and O–H groups in total. The monoisotopic (exact) mass is 459 g/mol. The van der Waals surface area contributed by atoms with E-state index in [1.165, 1.54) is 38.5 Å². The molecule has 1 heterocycles. The molecule has 32 heavy (non-hydrogen) atoms. The smallest absolute Gasteiger partial charge is 0.236 e. The van der Waals surface area contributed by atoms with Crippen LogP contribution in [0.3, 0.4) is 0 Å². The molecule has 0 saturated carbocycles. The average molecular weight is 460 g/mol. The maximum Gasteiger partial charge on any atom is 0.236 e. The van der Waals surface area contributed by atoms with Crippen LogP contribution < -0.4 is 24.8 Å². The van der Waals surface area contributed by atoms with Gasteiger partial charge in [0.25, 0.3) is 0 Å². The SMILES string of the molecule is COc1cc(OC)c2c(c1Cl)OC1(C(=O)C=C(Nc3cccc(N([O-])O)c3)CC1C)C2=O. The summed E-state index contributed by atoms with van der Waals surface area (Å²) in [7, 11) is 2.82. The van der Waals surface area contributed by atoms with Gasteiger partial charge in [0, 0.05) is 29.4 Å². The Morgan fingerprint density at radius 3 is 2.59 bits per heavy atom. The van der Waals surface area contributed by atoms with Gasteiger partial charge in [-0.1, -0.05) is 24.6 Å². The molecule has 0 saturated heterocycles. The van der Waals surface area contributed by atoms with E-state index in [1.54, 1.807) is 19.1 Å². The fourth-order valence-corrected chi connectivity index (χ4v) is 4.37. The zero-order chi connectivity index (χ0) is 23.2. The Balaban J connectivity index is 1.69. The van der Waals surface area contributed by atoms with Crippen LogP contribution in [0, 0.1) is 11.1 Å². The minimum atomic E-state index is -1.77. The molecule has 0 amide bonds. The molecular weight excluding hydrogens is 440 g/mol. The number of methoxy groups -OCH3 is 2. The molecule has 4 rings (SSSR count). The number of nitrogens with zero attached hydrogens (tertiary/aromatic N) is 1. The van der Waals surface area contributed by atoms with Gasteiger partial charge in [-0.3, -0.25) is 14.8 Å². The van der Waals surface area contributed by atoms with Gasteiger partial charge >= 0.3 is 0 Å². The van der Waals surface area contributed by atoms with Crippen LogP contribution in [0.5, 0.6) is 17.2 Å². The van der Waals surface area contributed by atoms with Crippen molar-refractivity contribution in [1.82, 2.24) is 0 Å². The molecule has 0 radical (unpaired) electrons. The Kier molecular flexibility index (Phi) is 5.49. The van der Waals surface area contributed by atoms with Crippen LogP contribution in [0.4, 0.5) is 11.4 Å². The number of fused-ring (bicyclic) bond motifs is 1. The van der Waals surface area contributed by atoms with Gasteiger partial charge in [0.05, 0.1) is 19.9 Å². The van der Waals surface area contributed by atoms with Crippen molar-refractivity contribution in [2.24, 2.45) is 5.92 Å². The molecule has 2 unspecified atom stereocenters. The zero-order valence-corrected chi connectivity index (χ0v) is 18.2. The first kappa shape index (κ1) is 21.9. The second kappa shape index (κ2) is 8.01. The fourth-order valence-electron chi connectivity index (χ4n) is 4.10. The van der Waals surface area contributed by atoms with Crippen LogP contribution in [0.15, 0.2) is 42.1 Å². The Bertz CT molecular complexity index is 1150. The third-order valence-electron chi connectivity index (χ3n) is 5.68. The summed E-state index contributed by atoms with van der Waals surface area (Å²) in [6.07, 6.45) is 1.61. The van der Waals surface area contributed by atoms with Crippen molar-refractivity contribution < 1.29 is 29.0 Å². The average Bonchev–Trinajstić information content (AvgIpc) is 3.08. The summed E-state index contributed by atoms with van der Waals surface area (Å²) in [5.41, 5.74) is -0.605. The van der Waals surface area contributed by atoms with Gasteiger partial charge in [0.1, 0.15) is 22.1 Å². The normalized spacial score (nSPS) is 21.7. The van der Waals surface area contributed by atoms with Crippen LogP contribution in [0.25, 0.3) is 0 Å². The van der Waals surface area contributed by atoms with Gasteiger partial charge in [-0.25, -0.2) is 0 Å². The maximum atomic E-state index is 13.5. The predicted octanol–water partition coefficient (Wildman–Crippen LogP) is 3.97. The lowest BCUT2D eigenvalue weighted by Gasteiger charge is -2.35. The summed E-state index contributed by atoms with van der Waals surface area (Å²) in [5, 5.41) is 23.1. The minimum Gasteiger partial charge on any atom is -0.733 e. The third-order valence-corrected chi connectivity index (χ3v) is 6.04. The largest absolute Gasteiger partial charge is 0.733 e. The molecule has 2 aliphatic rings. The van der Waals surface area contributed by atoms with Crippen LogP contribution in [-0.2, 0) is 4.79 Å². The van der Waals surface area contributed by atoms with E-state index in [9.17, 15) is 14.8 Å². The zero-order valence-electron chi connectivity index (χ0n) is 17.5. The lowest BCUT2D eigenvalue weighted by atomic mass is 9.74. The molecule has 2 aromatic rings. The van der Waals surface area contributed by atoms with Gasteiger partial charge in [0.15, 0.2) is 5.75 Å². The number of ketones is 2. The first-order valence-electron chi connectivity index (χ1n) is 9.69. The van der Waals surface area contributed by atoms with E-state index < -0.39 is 23.1 Å². The van der Waals surface area contributed by atoms with Gasteiger partial charge in [-0.15, -0.1) is 0 Å². The van der Waals surface area contributed by atoms with Crippen molar-refractivity contribution in [1.29, 1.82) is 0 Å². The van der Waals surface area contributed by atoms with Crippen molar-refractivity contribution in [2.45, 2.75) is 18.9 Å². The number of carbonyl (C=O) groups is 2. The first-order valence-corrected chi connectivity index (χ1v) is 10.1. The molecule has 0 aromatic heterocycles. The van der Waals surface area contributed by atoms with Crippen molar-refractivity contribution in [3.63, 3.8) is 0 Å². The van der Waals surface area contributed by atoms with Gasteiger partial charge in [-0.2, -0.15) is 0 Å². The summed E-state index contributed by atoms with van der Waals surface area (Å²) in [6.45, 7) is 1.73. The van der Waals surface area contributed by atoms with Crippen molar-refractivity contribution in [3.8, 4) is 17.2 Å². The van der Waals surface area contributed by atoms with Crippen LogP contribution in [-0.4, -0.2) is 36.6 Å². The topological polar surface area (TPSA) is 120 Å². The van der Waals surface area contributed by atoms with E-state index in [1.807, 2.05) is 0 Å². The van der Waals surface area contributed by atoms with Gasteiger partial charge in [0.2, 0.25) is 17.2 Å². The number of rotatable bonds is 5. The van der Waals surface area contributed by atoms with Crippen molar-refractivity contribution >= 4 is 34.5 Å². The number of hydrogen-bond acceptors (Lipinski definition) is 9. The molecular formula is C22H20ClN2O7-. The molecule has 10 heteroatoms. The minimum absolute atomic E-state index is 0.0303. The standard InChI is InChI=1S/C22H20ClN2O7/c1-11-7-13(24-12-5-4-6-14(8-12)25(28)29)9-17(26)22(11)21(27)18-15(30-2)10-16(31-3)19(23)20(18)32-22/h4-6,8-11,24,28H,7H2,1-3H3/q-1. The van der Waals surface area contributed by atoms with Gasteiger partial charge in [-0.05, 0) is 24.6 Å². The molecule has 1 aliphatic heterocycles. The molecule has 2 aromatic carbocycles. The summed E-state index contributed by atoms with van der Waals surface area (Å²) >= 11 is 6.38. The number of carbonyl (C=O) groups excluding carboxylic acids is 2. The van der Waals surface area contributed by atoms with Crippen LogP contribution in [0.1, 0.15) is 23.7 Å². The number of anilines is 2. The number of allylic oxidation sites excluding steroid dienone is 1.